The minimum absolute atomic E-state index is 0.128. The van der Waals surface area contributed by atoms with Gasteiger partial charge in [-0.05, 0) is 17.7 Å². The molecule has 2 rings (SSSR count). The van der Waals surface area contributed by atoms with E-state index in [1.54, 1.807) is 6.92 Å². The Balaban J connectivity index is 2.13. The van der Waals surface area contributed by atoms with Crippen LogP contribution in [0.3, 0.4) is 0 Å². The zero-order chi connectivity index (χ0) is 10.7. The molecule has 1 aliphatic carbocycles. The molecule has 0 atom stereocenters. The fourth-order valence-electron chi connectivity index (χ4n) is 1.58. The molecule has 0 aliphatic heterocycles. The summed E-state index contributed by atoms with van der Waals surface area (Å²) in [5, 5.41) is 0.128. The molecule has 0 saturated heterocycles. The summed E-state index contributed by atoms with van der Waals surface area (Å²) in [5.41, 5.74) is 1.27. The molecule has 1 aliphatic rings. The van der Waals surface area contributed by atoms with Crippen LogP contribution in [0.4, 0.5) is 0 Å². The molecule has 0 radical (unpaired) electrons. The van der Waals surface area contributed by atoms with Crippen LogP contribution in [0.2, 0.25) is 0 Å². The van der Waals surface area contributed by atoms with Gasteiger partial charge in [-0.25, -0.2) is 0 Å². The Morgan fingerprint density at radius 3 is 2.27 bits per heavy atom. The lowest BCUT2D eigenvalue weighted by molar-refractivity contribution is -0.109. The molecule has 0 spiro atoms. The molecule has 0 bridgehead atoms. The summed E-state index contributed by atoms with van der Waals surface area (Å²) in [6, 6.07) is 8.16. The van der Waals surface area contributed by atoms with E-state index in [-0.39, 0.29) is 5.12 Å². The zero-order valence-corrected chi connectivity index (χ0v) is 9.33. The average molecular weight is 216 g/mol. The second-order valence-electron chi connectivity index (χ2n) is 3.46. The predicted octanol–water partition coefficient (Wildman–Crippen LogP) is 3.53. The van der Waals surface area contributed by atoms with E-state index >= 15 is 0 Å². The first-order valence-electron chi connectivity index (χ1n) is 4.89. The standard InChI is InChI=1S/C13H12OS/c1-10(14)15-13-8-6-12(7-9-13)11-4-2-3-5-11/h2-9,11H,1H3. The van der Waals surface area contributed by atoms with Gasteiger partial charge < -0.3 is 0 Å². The van der Waals surface area contributed by atoms with Gasteiger partial charge in [0.25, 0.3) is 0 Å². The van der Waals surface area contributed by atoms with Crippen molar-refractivity contribution in [2.45, 2.75) is 17.7 Å². The van der Waals surface area contributed by atoms with Crippen LogP contribution in [0.25, 0.3) is 0 Å². The van der Waals surface area contributed by atoms with Gasteiger partial charge in [-0.3, -0.25) is 4.79 Å². The van der Waals surface area contributed by atoms with Crippen molar-refractivity contribution >= 4 is 16.9 Å². The SMILES string of the molecule is CC(=O)Sc1ccc(C2C=CC=C2)cc1. The minimum Gasteiger partial charge on any atom is -0.287 e. The van der Waals surface area contributed by atoms with E-state index in [1.807, 2.05) is 12.1 Å². The highest BCUT2D eigenvalue weighted by molar-refractivity contribution is 8.13. The first-order valence-corrected chi connectivity index (χ1v) is 5.71. The Labute approximate surface area is 93.9 Å². The summed E-state index contributed by atoms with van der Waals surface area (Å²) >= 11 is 1.27. The van der Waals surface area contributed by atoms with Crippen LogP contribution in [0.5, 0.6) is 0 Å². The maximum absolute atomic E-state index is 10.9. The Morgan fingerprint density at radius 2 is 1.73 bits per heavy atom. The molecule has 15 heavy (non-hydrogen) atoms. The normalized spacial score (nSPS) is 14.7. The summed E-state index contributed by atoms with van der Waals surface area (Å²) in [5.74, 6) is 0.404. The molecule has 0 amide bonds. The summed E-state index contributed by atoms with van der Waals surface area (Å²) in [7, 11) is 0. The van der Waals surface area contributed by atoms with Crippen LogP contribution in [-0.4, -0.2) is 5.12 Å². The molecule has 76 valence electrons. The number of rotatable bonds is 2. The van der Waals surface area contributed by atoms with Gasteiger partial charge >= 0.3 is 0 Å². The molecule has 0 fully saturated rings. The lowest BCUT2D eigenvalue weighted by Gasteiger charge is -2.06. The first-order chi connectivity index (χ1) is 7.25. The summed E-state index contributed by atoms with van der Waals surface area (Å²) < 4.78 is 0. The van der Waals surface area contributed by atoms with E-state index in [0.29, 0.717) is 5.92 Å². The highest BCUT2D eigenvalue weighted by Gasteiger charge is 2.06. The van der Waals surface area contributed by atoms with Gasteiger partial charge in [-0.15, -0.1) is 0 Å². The van der Waals surface area contributed by atoms with Crippen LogP contribution >= 0.6 is 11.8 Å². The summed E-state index contributed by atoms with van der Waals surface area (Å²) in [6.45, 7) is 1.58. The van der Waals surface area contributed by atoms with Gasteiger partial charge in [-0.1, -0.05) is 48.2 Å². The third-order valence-electron chi connectivity index (χ3n) is 2.27. The number of thioether (sulfide) groups is 1. The van der Waals surface area contributed by atoms with Gasteiger partial charge in [0.15, 0.2) is 5.12 Å². The zero-order valence-electron chi connectivity index (χ0n) is 8.51. The van der Waals surface area contributed by atoms with Crippen molar-refractivity contribution in [1.29, 1.82) is 0 Å². The maximum atomic E-state index is 10.9. The van der Waals surface area contributed by atoms with Crippen LogP contribution in [0, 0.1) is 0 Å². The van der Waals surface area contributed by atoms with E-state index in [4.69, 9.17) is 0 Å². The highest BCUT2D eigenvalue weighted by atomic mass is 32.2. The van der Waals surface area contributed by atoms with E-state index in [0.717, 1.165) is 4.90 Å². The van der Waals surface area contributed by atoms with Gasteiger partial charge in [0.05, 0.1) is 0 Å². The van der Waals surface area contributed by atoms with Gasteiger partial charge in [0.1, 0.15) is 0 Å². The molecule has 2 heteroatoms. The highest BCUT2D eigenvalue weighted by Crippen LogP contribution is 2.26. The number of carbonyl (C=O) groups excluding carboxylic acids is 1. The first kappa shape index (κ1) is 10.2. The van der Waals surface area contributed by atoms with Crippen LogP contribution in [0.1, 0.15) is 18.4 Å². The number of hydrogen-bond donors (Lipinski definition) is 0. The average Bonchev–Trinajstić information content (AvgIpc) is 2.71. The number of allylic oxidation sites excluding steroid dienone is 4. The van der Waals surface area contributed by atoms with Crippen molar-refractivity contribution in [2.75, 3.05) is 0 Å². The van der Waals surface area contributed by atoms with E-state index in [2.05, 4.69) is 36.4 Å². The monoisotopic (exact) mass is 216 g/mol. The predicted molar refractivity (Wildman–Crippen MR) is 64.0 cm³/mol. The molecule has 0 saturated carbocycles. The molecule has 0 heterocycles. The number of carbonyl (C=O) groups is 1. The molecular formula is C13H12OS. The molecule has 1 aromatic rings. The third-order valence-corrected chi connectivity index (χ3v) is 3.07. The topological polar surface area (TPSA) is 17.1 Å². The Bertz CT molecular complexity index is 403. The van der Waals surface area contributed by atoms with Crippen molar-refractivity contribution in [2.24, 2.45) is 0 Å². The lowest BCUT2D eigenvalue weighted by atomic mass is 10.0. The van der Waals surface area contributed by atoms with E-state index in [1.165, 1.54) is 17.3 Å². The smallest absolute Gasteiger partial charge is 0.190 e. The Morgan fingerprint density at radius 1 is 1.13 bits per heavy atom. The second kappa shape index (κ2) is 4.49. The van der Waals surface area contributed by atoms with Gasteiger partial charge in [0, 0.05) is 17.7 Å². The largest absolute Gasteiger partial charge is 0.287 e. The lowest BCUT2D eigenvalue weighted by Crippen LogP contribution is -1.88. The maximum Gasteiger partial charge on any atom is 0.190 e. The third kappa shape index (κ3) is 2.60. The summed E-state index contributed by atoms with van der Waals surface area (Å²) in [6.07, 6.45) is 8.44. The van der Waals surface area contributed by atoms with Crippen LogP contribution in [-0.2, 0) is 4.79 Å². The quantitative estimate of drug-likeness (QED) is 0.703. The Hall–Kier alpha value is -1.28. The van der Waals surface area contributed by atoms with Gasteiger partial charge in [-0.2, -0.15) is 0 Å². The van der Waals surface area contributed by atoms with Crippen molar-refractivity contribution in [1.82, 2.24) is 0 Å². The molecule has 0 unspecified atom stereocenters. The minimum atomic E-state index is 0.128. The van der Waals surface area contributed by atoms with Crippen molar-refractivity contribution in [3.8, 4) is 0 Å². The van der Waals surface area contributed by atoms with Crippen molar-refractivity contribution in [3.63, 3.8) is 0 Å². The number of hydrogen-bond acceptors (Lipinski definition) is 2. The van der Waals surface area contributed by atoms with Crippen LogP contribution in [0.15, 0.2) is 53.5 Å². The van der Waals surface area contributed by atoms with Crippen molar-refractivity contribution < 1.29 is 4.79 Å². The molecular weight excluding hydrogens is 204 g/mol. The summed E-state index contributed by atoms with van der Waals surface area (Å²) in [4.78, 5) is 11.9. The van der Waals surface area contributed by atoms with Gasteiger partial charge in [0.2, 0.25) is 0 Å². The Kier molecular flexibility index (Phi) is 3.07. The second-order valence-corrected chi connectivity index (χ2v) is 4.71. The fraction of sp³-hybridized carbons (Fsp3) is 0.154. The fourth-order valence-corrected chi connectivity index (χ4v) is 2.18. The molecule has 0 aromatic heterocycles. The molecule has 1 aromatic carbocycles. The number of benzene rings is 1. The van der Waals surface area contributed by atoms with Crippen molar-refractivity contribution in [3.05, 3.63) is 54.1 Å². The molecule has 1 nitrogen and oxygen atoms in total. The van der Waals surface area contributed by atoms with E-state index in [9.17, 15) is 4.79 Å². The molecule has 0 N–H and O–H groups in total. The van der Waals surface area contributed by atoms with Crippen LogP contribution < -0.4 is 0 Å². The van der Waals surface area contributed by atoms with E-state index < -0.39 is 0 Å².